The Morgan fingerprint density at radius 2 is 1.83 bits per heavy atom. The van der Waals surface area contributed by atoms with Crippen LogP contribution >= 0.6 is 12.4 Å². The average Bonchev–Trinajstić information content (AvgIpc) is 2.57. The number of nitrogens with zero attached hydrogens (tertiary/aromatic N) is 1. The van der Waals surface area contributed by atoms with Gasteiger partial charge in [-0.2, -0.15) is 0 Å². The summed E-state index contributed by atoms with van der Waals surface area (Å²) in [6.07, 6.45) is 2.10. The highest BCUT2D eigenvalue weighted by Crippen LogP contribution is 2.37. The molecule has 1 aromatic carbocycles. The molecule has 0 aromatic heterocycles. The molecule has 1 heterocycles. The van der Waals surface area contributed by atoms with Crippen molar-refractivity contribution in [3.63, 3.8) is 0 Å². The number of hydrogen-bond acceptors (Lipinski definition) is 4. The molecular formula is C18H28ClNO3. The molecule has 0 spiro atoms. The highest BCUT2D eigenvalue weighted by molar-refractivity contribution is 5.85. The van der Waals surface area contributed by atoms with Crippen molar-refractivity contribution in [1.82, 2.24) is 4.90 Å². The van der Waals surface area contributed by atoms with Gasteiger partial charge < -0.3 is 14.4 Å². The molecule has 5 heteroatoms. The van der Waals surface area contributed by atoms with E-state index in [2.05, 4.69) is 17.0 Å². The number of rotatable bonds is 7. The first-order valence-corrected chi connectivity index (χ1v) is 8.27. The summed E-state index contributed by atoms with van der Waals surface area (Å²) < 4.78 is 11.3. The van der Waals surface area contributed by atoms with E-state index in [1.165, 1.54) is 0 Å². The third-order valence-corrected chi connectivity index (χ3v) is 4.32. The lowest BCUT2D eigenvalue weighted by molar-refractivity contribution is -0.166. The van der Waals surface area contributed by atoms with Crippen LogP contribution < -0.4 is 0 Å². The maximum atomic E-state index is 11.9. The lowest BCUT2D eigenvalue weighted by atomic mass is 9.84. The van der Waals surface area contributed by atoms with E-state index in [-0.39, 0.29) is 18.4 Å². The van der Waals surface area contributed by atoms with E-state index in [1.54, 1.807) is 0 Å². The van der Waals surface area contributed by atoms with Crippen molar-refractivity contribution in [1.29, 1.82) is 0 Å². The predicted molar refractivity (Wildman–Crippen MR) is 93.9 cm³/mol. The van der Waals surface area contributed by atoms with Gasteiger partial charge in [0, 0.05) is 45.5 Å². The highest BCUT2D eigenvalue weighted by Gasteiger charge is 2.39. The molecule has 0 N–H and O–H groups in total. The lowest BCUT2D eigenvalue weighted by Crippen LogP contribution is -2.46. The summed E-state index contributed by atoms with van der Waals surface area (Å²) in [5.41, 5.74) is 0.650. The topological polar surface area (TPSA) is 38.8 Å². The van der Waals surface area contributed by atoms with Crippen LogP contribution in [0.5, 0.6) is 0 Å². The summed E-state index contributed by atoms with van der Waals surface area (Å²) in [4.78, 5) is 14.3. The van der Waals surface area contributed by atoms with Crippen LogP contribution in [0.4, 0.5) is 0 Å². The molecule has 0 atom stereocenters. The molecule has 0 amide bonds. The Morgan fingerprint density at radius 1 is 1.17 bits per heavy atom. The Labute approximate surface area is 145 Å². The molecule has 1 fully saturated rings. The van der Waals surface area contributed by atoms with Gasteiger partial charge in [-0.1, -0.05) is 37.3 Å². The van der Waals surface area contributed by atoms with Crippen LogP contribution in [0.25, 0.3) is 0 Å². The van der Waals surface area contributed by atoms with E-state index in [0.29, 0.717) is 6.42 Å². The largest absolute Gasteiger partial charge is 0.454 e. The van der Waals surface area contributed by atoms with Crippen LogP contribution in [0.3, 0.4) is 0 Å². The number of halogens is 1. The van der Waals surface area contributed by atoms with Crippen LogP contribution in [-0.2, 0) is 19.9 Å². The number of benzene rings is 1. The third-order valence-electron chi connectivity index (χ3n) is 4.32. The monoisotopic (exact) mass is 341 g/mol. The fraction of sp³-hybridized carbons (Fsp3) is 0.611. The standard InChI is InChI=1S/C18H27NO3.ClH/c1-3-17(20)22-18(16-8-6-5-7-9-16)10-12-19(13-11-18)14-15-21-4-2;/h5-9H,3-4,10-15H2,1-2H3;1H. The Hall–Kier alpha value is -1.10. The SMILES string of the molecule is CCOCCN1CCC(OC(=O)CC)(c2ccccc2)CC1.Cl. The minimum atomic E-state index is -0.462. The van der Waals surface area contributed by atoms with Crippen LogP contribution in [0.15, 0.2) is 30.3 Å². The van der Waals surface area contributed by atoms with Crippen molar-refractivity contribution in [3.05, 3.63) is 35.9 Å². The van der Waals surface area contributed by atoms with Crippen molar-refractivity contribution >= 4 is 18.4 Å². The normalized spacial score (nSPS) is 17.3. The second-order valence-electron chi connectivity index (χ2n) is 5.73. The van der Waals surface area contributed by atoms with Crippen molar-refractivity contribution in [2.75, 3.05) is 32.8 Å². The van der Waals surface area contributed by atoms with Crippen LogP contribution in [0.2, 0.25) is 0 Å². The molecule has 1 aromatic rings. The third kappa shape index (κ3) is 5.48. The number of carbonyl (C=O) groups excluding carboxylic acids is 1. The number of likely N-dealkylation sites (tertiary alicyclic amines) is 1. The van der Waals surface area contributed by atoms with E-state index in [9.17, 15) is 4.79 Å². The van der Waals surface area contributed by atoms with Crippen molar-refractivity contribution in [2.45, 2.75) is 38.7 Å². The first kappa shape index (κ1) is 19.9. The fourth-order valence-corrected chi connectivity index (χ4v) is 2.96. The summed E-state index contributed by atoms with van der Waals surface area (Å²) in [6.45, 7) is 8.19. The van der Waals surface area contributed by atoms with E-state index < -0.39 is 5.60 Å². The molecule has 0 aliphatic carbocycles. The van der Waals surface area contributed by atoms with Crippen LogP contribution in [0.1, 0.15) is 38.7 Å². The second kappa shape index (κ2) is 9.91. The Morgan fingerprint density at radius 3 is 2.39 bits per heavy atom. The summed E-state index contributed by atoms with van der Waals surface area (Å²) in [5, 5.41) is 0. The molecular weight excluding hydrogens is 314 g/mol. The quantitative estimate of drug-likeness (QED) is 0.563. The van der Waals surface area contributed by atoms with Gasteiger partial charge in [0.2, 0.25) is 0 Å². The van der Waals surface area contributed by atoms with Gasteiger partial charge in [-0.3, -0.25) is 4.79 Å². The van der Waals surface area contributed by atoms with Crippen LogP contribution in [0, 0.1) is 0 Å². The van der Waals surface area contributed by atoms with Gasteiger partial charge in [-0.15, -0.1) is 12.4 Å². The van der Waals surface area contributed by atoms with E-state index in [0.717, 1.165) is 51.3 Å². The first-order valence-electron chi connectivity index (χ1n) is 8.27. The van der Waals surface area contributed by atoms with E-state index in [1.807, 2.05) is 32.0 Å². The van der Waals surface area contributed by atoms with Crippen molar-refractivity contribution in [2.24, 2.45) is 0 Å². The molecule has 4 nitrogen and oxygen atoms in total. The summed E-state index contributed by atoms with van der Waals surface area (Å²) in [5.74, 6) is -0.119. The predicted octanol–water partition coefficient (Wildman–Crippen LogP) is 3.39. The number of esters is 1. The molecule has 1 aliphatic heterocycles. The maximum absolute atomic E-state index is 11.9. The smallest absolute Gasteiger partial charge is 0.306 e. The lowest BCUT2D eigenvalue weighted by Gasteiger charge is -2.41. The molecule has 0 unspecified atom stereocenters. The Kier molecular flexibility index (Phi) is 8.59. The Balaban J connectivity index is 0.00000264. The van der Waals surface area contributed by atoms with Crippen LogP contribution in [-0.4, -0.2) is 43.7 Å². The molecule has 0 saturated carbocycles. The number of piperidine rings is 1. The highest BCUT2D eigenvalue weighted by atomic mass is 35.5. The fourth-order valence-electron chi connectivity index (χ4n) is 2.96. The van der Waals surface area contributed by atoms with E-state index >= 15 is 0 Å². The second-order valence-corrected chi connectivity index (χ2v) is 5.73. The van der Waals surface area contributed by atoms with Gasteiger partial charge in [-0.25, -0.2) is 0 Å². The molecule has 0 radical (unpaired) electrons. The number of hydrogen-bond donors (Lipinski definition) is 0. The van der Waals surface area contributed by atoms with Gasteiger partial charge in [0.05, 0.1) is 6.61 Å². The van der Waals surface area contributed by atoms with Gasteiger partial charge in [0.25, 0.3) is 0 Å². The molecule has 1 aliphatic rings. The minimum absolute atomic E-state index is 0. The molecule has 23 heavy (non-hydrogen) atoms. The summed E-state index contributed by atoms with van der Waals surface area (Å²) in [6, 6.07) is 10.2. The van der Waals surface area contributed by atoms with E-state index in [4.69, 9.17) is 9.47 Å². The van der Waals surface area contributed by atoms with Gasteiger partial charge >= 0.3 is 5.97 Å². The molecule has 130 valence electrons. The zero-order valence-corrected chi connectivity index (χ0v) is 14.9. The summed E-state index contributed by atoms with van der Waals surface area (Å²) >= 11 is 0. The number of ether oxygens (including phenoxy) is 2. The molecule has 2 rings (SSSR count). The first-order chi connectivity index (χ1) is 10.7. The zero-order chi connectivity index (χ0) is 15.8. The molecule has 1 saturated heterocycles. The van der Waals surface area contributed by atoms with Gasteiger partial charge in [-0.05, 0) is 12.5 Å². The maximum Gasteiger partial charge on any atom is 0.306 e. The van der Waals surface area contributed by atoms with Gasteiger partial charge in [0.1, 0.15) is 5.60 Å². The minimum Gasteiger partial charge on any atom is -0.454 e. The van der Waals surface area contributed by atoms with Crippen molar-refractivity contribution < 1.29 is 14.3 Å². The van der Waals surface area contributed by atoms with Gasteiger partial charge in [0.15, 0.2) is 0 Å². The Bertz CT molecular complexity index is 459. The molecule has 0 bridgehead atoms. The number of carbonyl (C=O) groups is 1. The zero-order valence-electron chi connectivity index (χ0n) is 14.1. The average molecular weight is 342 g/mol. The summed E-state index contributed by atoms with van der Waals surface area (Å²) in [7, 11) is 0. The van der Waals surface area contributed by atoms with Crippen molar-refractivity contribution in [3.8, 4) is 0 Å².